The van der Waals surface area contributed by atoms with Crippen molar-refractivity contribution in [3.05, 3.63) is 29.8 Å². The van der Waals surface area contributed by atoms with E-state index in [1.807, 2.05) is 23.1 Å². The van der Waals surface area contributed by atoms with Gasteiger partial charge in [0.2, 0.25) is 10.0 Å². The molecule has 0 amide bonds. The van der Waals surface area contributed by atoms with E-state index in [9.17, 15) is 8.42 Å². The smallest absolute Gasteiger partial charge is 0.211 e. The van der Waals surface area contributed by atoms with Crippen LogP contribution in [0.3, 0.4) is 0 Å². The summed E-state index contributed by atoms with van der Waals surface area (Å²) in [5.74, 6) is 0.0474. The number of hydrogen-bond acceptors (Lipinski definition) is 5. The molecule has 1 aromatic carbocycles. The maximum absolute atomic E-state index is 11.5. The van der Waals surface area contributed by atoms with Gasteiger partial charge in [-0.15, -0.1) is 0 Å². The minimum atomic E-state index is -3.14. The van der Waals surface area contributed by atoms with Gasteiger partial charge in [0.25, 0.3) is 0 Å². The number of oxime groups is 1. The van der Waals surface area contributed by atoms with Crippen LogP contribution in [-0.2, 0) is 10.0 Å². The van der Waals surface area contributed by atoms with Crippen LogP contribution in [0.25, 0.3) is 0 Å². The average molecular weight is 298 g/mol. The van der Waals surface area contributed by atoms with Crippen molar-refractivity contribution in [1.82, 2.24) is 4.31 Å². The third-order valence-corrected chi connectivity index (χ3v) is 4.64. The van der Waals surface area contributed by atoms with Crippen LogP contribution in [0.1, 0.15) is 5.56 Å². The van der Waals surface area contributed by atoms with Gasteiger partial charge < -0.3 is 15.8 Å². The molecule has 1 fully saturated rings. The Morgan fingerprint density at radius 3 is 2.40 bits per heavy atom. The normalized spacial score (nSPS) is 18.2. The summed E-state index contributed by atoms with van der Waals surface area (Å²) >= 11 is 0. The first-order valence-electron chi connectivity index (χ1n) is 6.20. The van der Waals surface area contributed by atoms with Crippen LogP contribution >= 0.6 is 0 Å². The van der Waals surface area contributed by atoms with Gasteiger partial charge in [-0.2, -0.15) is 4.31 Å². The van der Waals surface area contributed by atoms with E-state index >= 15 is 0 Å². The van der Waals surface area contributed by atoms with Gasteiger partial charge in [0.1, 0.15) is 0 Å². The van der Waals surface area contributed by atoms with Gasteiger partial charge in [-0.1, -0.05) is 17.3 Å². The Labute approximate surface area is 118 Å². The molecule has 0 spiro atoms. The zero-order chi connectivity index (χ0) is 14.8. The average Bonchev–Trinajstić information content (AvgIpc) is 2.45. The lowest BCUT2D eigenvalue weighted by molar-refractivity contribution is 0.318. The molecule has 0 saturated carbocycles. The number of benzene rings is 1. The Morgan fingerprint density at radius 1 is 1.25 bits per heavy atom. The Morgan fingerprint density at radius 2 is 1.85 bits per heavy atom. The number of piperazine rings is 1. The van der Waals surface area contributed by atoms with Crippen molar-refractivity contribution in [2.45, 2.75) is 0 Å². The van der Waals surface area contributed by atoms with Gasteiger partial charge in [0, 0.05) is 37.4 Å². The summed E-state index contributed by atoms with van der Waals surface area (Å²) in [7, 11) is -3.14. The highest BCUT2D eigenvalue weighted by Crippen LogP contribution is 2.22. The first-order chi connectivity index (χ1) is 9.43. The summed E-state index contributed by atoms with van der Waals surface area (Å²) in [5, 5.41) is 11.8. The maximum Gasteiger partial charge on any atom is 0.211 e. The molecule has 3 N–H and O–H groups in total. The van der Waals surface area contributed by atoms with Gasteiger partial charge in [0.05, 0.1) is 6.26 Å². The van der Waals surface area contributed by atoms with Crippen LogP contribution in [0, 0.1) is 0 Å². The number of rotatable bonds is 3. The molecule has 8 heteroatoms. The third-order valence-electron chi connectivity index (χ3n) is 3.34. The third kappa shape index (κ3) is 3.02. The van der Waals surface area contributed by atoms with E-state index < -0.39 is 10.0 Å². The molecule has 1 saturated heterocycles. The van der Waals surface area contributed by atoms with E-state index in [0.717, 1.165) is 5.69 Å². The largest absolute Gasteiger partial charge is 0.409 e. The van der Waals surface area contributed by atoms with Crippen molar-refractivity contribution in [2.24, 2.45) is 10.9 Å². The van der Waals surface area contributed by atoms with E-state index in [0.29, 0.717) is 31.7 Å². The highest BCUT2D eigenvalue weighted by atomic mass is 32.2. The molecular formula is C12H18N4O3S. The molecule has 0 unspecified atom stereocenters. The molecule has 20 heavy (non-hydrogen) atoms. The number of nitrogens with zero attached hydrogens (tertiary/aromatic N) is 3. The van der Waals surface area contributed by atoms with Crippen LogP contribution < -0.4 is 10.6 Å². The zero-order valence-corrected chi connectivity index (χ0v) is 12.0. The minimum absolute atomic E-state index is 0.0474. The number of anilines is 1. The fourth-order valence-corrected chi connectivity index (χ4v) is 3.11. The fraction of sp³-hybridized carbons (Fsp3) is 0.417. The summed E-state index contributed by atoms with van der Waals surface area (Å²) in [6.45, 7) is 2.01. The van der Waals surface area contributed by atoms with Crippen molar-refractivity contribution in [3.63, 3.8) is 0 Å². The molecule has 2 rings (SSSR count). The molecule has 0 bridgehead atoms. The van der Waals surface area contributed by atoms with Crippen LogP contribution in [0.5, 0.6) is 0 Å². The van der Waals surface area contributed by atoms with Gasteiger partial charge in [-0.05, 0) is 12.1 Å². The van der Waals surface area contributed by atoms with E-state index in [1.54, 1.807) is 6.07 Å². The van der Waals surface area contributed by atoms with Crippen molar-refractivity contribution in [2.75, 3.05) is 37.3 Å². The number of hydrogen-bond donors (Lipinski definition) is 2. The van der Waals surface area contributed by atoms with Crippen LogP contribution in [0.15, 0.2) is 29.4 Å². The number of para-hydroxylation sites is 1. The van der Waals surface area contributed by atoms with Crippen LogP contribution in [-0.4, -0.2) is 56.2 Å². The lowest BCUT2D eigenvalue weighted by atomic mass is 10.1. The fourth-order valence-electron chi connectivity index (χ4n) is 2.28. The van der Waals surface area contributed by atoms with E-state index in [-0.39, 0.29) is 5.84 Å². The molecule has 0 radical (unpaired) electrons. The second-order valence-corrected chi connectivity index (χ2v) is 6.63. The predicted molar refractivity (Wildman–Crippen MR) is 77.6 cm³/mol. The SMILES string of the molecule is CS(=O)(=O)N1CCN(c2ccccc2C(N)=NO)CC1. The monoisotopic (exact) mass is 298 g/mol. The first-order valence-corrected chi connectivity index (χ1v) is 8.05. The molecule has 1 aliphatic rings. The number of nitrogens with two attached hydrogens (primary N) is 1. The number of sulfonamides is 1. The summed E-state index contributed by atoms with van der Waals surface area (Å²) < 4.78 is 24.4. The Balaban J connectivity index is 2.20. The standard InChI is InChI=1S/C12H18N4O3S/c1-20(18,19)16-8-6-15(7-9-16)11-5-3-2-4-10(11)12(13)14-17/h2-5,17H,6-9H2,1H3,(H2,13,14). The van der Waals surface area contributed by atoms with E-state index in [4.69, 9.17) is 10.9 Å². The summed E-state index contributed by atoms with van der Waals surface area (Å²) in [6.07, 6.45) is 1.22. The molecule has 1 aromatic rings. The summed E-state index contributed by atoms with van der Waals surface area (Å²) in [5.41, 5.74) is 7.15. The quantitative estimate of drug-likeness (QED) is 0.350. The second kappa shape index (κ2) is 5.68. The van der Waals surface area contributed by atoms with E-state index in [1.165, 1.54) is 10.6 Å². The number of amidine groups is 1. The van der Waals surface area contributed by atoms with E-state index in [2.05, 4.69) is 5.16 Å². The molecule has 110 valence electrons. The van der Waals surface area contributed by atoms with Crippen molar-refractivity contribution >= 4 is 21.5 Å². The lowest BCUT2D eigenvalue weighted by Gasteiger charge is -2.35. The predicted octanol–water partition coefficient (Wildman–Crippen LogP) is -0.137. The molecule has 1 heterocycles. The van der Waals surface area contributed by atoms with Crippen LogP contribution in [0.4, 0.5) is 5.69 Å². The van der Waals surface area contributed by atoms with Gasteiger partial charge in [-0.25, -0.2) is 8.42 Å². The molecule has 7 nitrogen and oxygen atoms in total. The molecule has 1 aliphatic heterocycles. The second-order valence-electron chi connectivity index (χ2n) is 4.65. The zero-order valence-electron chi connectivity index (χ0n) is 11.2. The van der Waals surface area contributed by atoms with Crippen LogP contribution in [0.2, 0.25) is 0 Å². The molecule has 0 aliphatic carbocycles. The highest BCUT2D eigenvalue weighted by molar-refractivity contribution is 7.88. The maximum atomic E-state index is 11.5. The Kier molecular flexibility index (Phi) is 4.15. The molecule has 0 aromatic heterocycles. The van der Waals surface area contributed by atoms with Gasteiger partial charge in [-0.3, -0.25) is 0 Å². The Bertz CT molecular complexity index is 607. The molecular weight excluding hydrogens is 280 g/mol. The first kappa shape index (κ1) is 14.6. The van der Waals surface area contributed by atoms with Gasteiger partial charge >= 0.3 is 0 Å². The van der Waals surface area contributed by atoms with Gasteiger partial charge in [0.15, 0.2) is 5.84 Å². The van der Waals surface area contributed by atoms with Crippen molar-refractivity contribution in [1.29, 1.82) is 0 Å². The van der Waals surface area contributed by atoms with Crippen molar-refractivity contribution < 1.29 is 13.6 Å². The lowest BCUT2D eigenvalue weighted by Crippen LogP contribution is -2.48. The van der Waals surface area contributed by atoms with Crippen molar-refractivity contribution in [3.8, 4) is 0 Å². The highest BCUT2D eigenvalue weighted by Gasteiger charge is 2.24. The summed E-state index contributed by atoms with van der Waals surface area (Å²) in [6, 6.07) is 7.33. The summed E-state index contributed by atoms with van der Waals surface area (Å²) in [4.78, 5) is 2.04. The minimum Gasteiger partial charge on any atom is -0.409 e. The molecule has 0 atom stereocenters. The Hall–Kier alpha value is -1.80. The topological polar surface area (TPSA) is 99.2 Å².